The number of aromatic nitrogens is 1. The molecule has 0 saturated carbocycles. The monoisotopic (exact) mass is 223 g/mol. The molecule has 1 aromatic rings. The molecule has 0 fully saturated rings. The van der Waals surface area contributed by atoms with Gasteiger partial charge >= 0.3 is 0 Å². The van der Waals surface area contributed by atoms with Crippen molar-refractivity contribution in [1.82, 2.24) is 4.57 Å². The number of ether oxygens (including phenoxy) is 1. The van der Waals surface area contributed by atoms with Crippen molar-refractivity contribution in [3.63, 3.8) is 0 Å². The molecular formula is C13H21NO2. The summed E-state index contributed by atoms with van der Waals surface area (Å²) in [7, 11) is 0. The van der Waals surface area contributed by atoms with Gasteiger partial charge < -0.3 is 14.4 Å². The maximum atomic E-state index is 9.85. The van der Waals surface area contributed by atoms with E-state index in [0.29, 0.717) is 0 Å². The molecule has 0 aromatic carbocycles. The van der Waals surface area contributed by atoms with Crippen molar-refractivity contribution in [3.8, 4) is 0 Å². The Hall–Kier alpha value is -0.800. The molecule has 1 aromatic heterocycles. The fourth-order valence-corrected chi connectivity index (χ4v) is 2.35. The number of aryl methyl sites for hydroxylation is 2. The fraction of sp³-hybridized carbons (Fsp3) is 0.692. The van der Waals surface area contributed by atoms with Crippen molar-refractivity contribution in [3.05, 3.63) is 23.5 Å². The topological polar surface area (TPSA) is 34.4 Å². The van der Waals surface area contributed by atoms with Crippen molar-refractivity contribution >= 4 is 0 Å². The number of nitrogens with zero attached hydrogens (tertiary/aromatic N) is 1. The second-order valence-corrected chi connectivity index (χ2v) is 4.44. The lowest BCUT2D eigenvalue weighted by Gasteiger charge is -2.16. The Morgan fingerprint density at radius 3 is 3.12 bits per heavy atom. The van der Waals surface area contributed by atoms with Crippen LogP contribution in [0.3, 0.4) is 0 Å². The van der Waals surface area contributed by atoms with Gasteiger partial charge in [0.05, 0.1) is 6.10 Å². The van der Waals surface area contributed by atoms with E-state index < -0.39 is 0 Å². The zero-order chi connectivity index (χ0) is 11.4. The van der Waals surface area contributed by atoms with Gasteiger partial charge in [0.1, 0.15) is 0 Å². The minimum absolute atomic E-state index is 0.239. The molecule has 0 saturated heterocycles. The highest BCUT2D eigenvalue weighted by Gasteiger charge is 2.19. The van der Waals surface area contributed by atoms with Crippen molar-refractivity contribution in [2.24, 2.45) is 0 Å². The molecule has 90 valence electrons. The van der Waals surface area contributed by atoms with Crippen LogP contribution in [0.15, 0.2) is 12.4 Å². The Balaban J connectivity index is 1.91. The quantitative estimate of drug-likeness (QED) is 0.777. The summed E-state index contributed by atoms with van der Waals surface area (Å²) >= 11 is 0. The Morgan fingerprint density at radius 2 is 2.38 bits per heavy atom. The van der Waals surface area contributed by atoms with Gasteiger partial charge in [0.25, 0.3) is 0 Å². The van der Waals surface area contributed by atoms with E-state index in [9.17, 15) is 5.11 Å². The first kappa shape index (κ1) is 11.7. The van der Waals surface area contributed by atoms with E-state index in [-0.39, 0.29) is 6.10 Å². The second-order valence-electron chi connectivity index (χ2n) is 4.44. The molecule has 0 spiro atoms. The molecule has 0 radical (unpaired) electrons. The van der Waals surface area contributed by atoms with E-state index in [1.165, 1.54) is 5.56 Å². The molecule has 1 atom stereocenters. The summed E-state index contributed by atoms with van der Waals surface area (Å²) in [4.78, 5) is 0. The zero-order valence-corrected chi connectivity index (χ0v) is 9.98. The van der Waals surface area contributed by atoms with Gasteiger partial charge in [-0.15, -0.1) is 0 Å². The lowest BCUT2D eigenvalue weighted by Crippen LogP contribution is -2.05. The highest BCUT2D eigenvalue weighted by molar-refractivity contribution is 5.28. The lowest BCUT2D eigenvalue weighted by molar-refractivity contribution is 0.141. The van der Waals surface area contributed by atoms with E-state index in [0.717, 1.165) is 51.0 Å². The zero-order valence-electron chi connectivity index (χ0n) is 9.98. The van der Waals surface area contributed by atoms with Gasteiger partial charge in [-0.3, -0.25) is 0 Å². The van der Waals surface area contributed by atoms with Gasteiger partial charge in [-0.2, -0.15) is 0 Å². The van der Waals surface area contributed by atoms with Crippen molar-refractivity contribution in [2.75, 3.05) is 13.2 Å². The molecule has 1 aliphatic rings. The molecule has 1 heterocycles. The van der Waals surface area contributed by atoms with Crippen LogP contribution in [-0.4, -0.2) is 22.9 Å². The standard InChI is InChI=1S/C13H21NO2/c1-2-16-8-4-7-14-9-11-5-3-6-13(15)12(11)10-14/h9-10,13,15H,2-8H2,1H3. The lowest BCUT2D eigenvalue weighted by atomic mass is 9.93. The van der Waals surface area contributed by atoms with Gasteiger partial charge in [0.15, 0.2) is 0 Å². The molecule has 0 bridgehead atoms. The number of rotatable bonds is 5. The Morgan fingerprint density at radius 1 is 1.50 bits per heavy atom. The van der Waals surface area contributed by atoms with E-state index in [2.05, 4.69) is 17.0 Å². The number of hydrogen-bond acceptors (Lipinski definition) is 2. The first-order chi connectivity index (χ1) is 7.81. The van der Waals surface area contributed by atoms with Crippen LogP contribution in [0, 0.1) is 0 Å². The fourth-order valence-electron chi connectivity index (χ4n) is 2.35. The summed E-state index contributed by atoms with van der Waals surface area (Å²) in [5, 5.41) is 9.85. The summed E-state index contributed by atoms with van der Waals surface area (Å²) in [6, 6.07) is 0. The first-order valence-electron chi connectivity index (χ1n) is 6.25. The van der Waals surface area contributed by atoms with E-state index in [4.69, 9.17) is 4.74 Å². The minimum atomic E-state index is -0.239. The summed E-state index contributed by atoms with van der Waals surface area (Å²) in [5.74, 6) is 0. The molecular weight excluding hydrogens is 202 g/mol. The Labute approximate surface area is 97.0 Å². The summed E-state index contributed by atoms with van der Waals surface area (Å²) in [6.45, 7) is 4.62. The highest BCUT2D eigenvalue weighted by Crippen LogP contribution is 2.30. The number of aliphatic hydroxyl groups is 1. The molecule has 3 heteroatoms. The van der Waals surface area contributed by atoms with Crippen LogP contribution in [0.2, 0.25) is 0 Å². The SMILES string of the molecule is CCOCCCn1cc2c(c1)C(O)CCC2. The summed E-state index contributed by atoms with van der Waals surface area (Å²) in [5.41, 5.74) is 2.47. The van der Waals surface area contributed by atoms with Gasteiger partial charge in [0, 0.05) is 37.7 Å². The molecule has 1 N–H and O–H groups in total. The van der Waals surface area contributed by atoms with Crippen LogP contribution in [0.4, 0.5) is 0 Å². The maximum Gasteiger partial charge on any atom is 0.0807 e. The number of fused-ring (bicyclic) bond motifs is 1. The van der Waals surface area contributed by atoms with Gasteiger partial charge in [-0.1, -0.05) is 0 Å². The normalized spacial score (nSPS) is 19.8. The smallest absolute Gasteiger partial charge is 0.0807 e. The average Bonchev–Trinajstić information content (AvgIpc) is 2.69. The molecule has 1 aliphatic carbocycles. The molecule has 3 nitrogen and oxygen atoms in total. The third-order valence-electron chi connectivity index (χ3n) is 3.19. The molecule has 16 heavy (non-hydrogen) atoms. The molecule has 0 aliphatic heterocycles. The predicted molar refractivity (Wildman–Crippen MR) is 63.4 cm³/mol. The van der Waals surface area contributed by atoms with E-state index >= 15 is 0 Å². The second kappa shape index (κ2) is 5.51. The average molecular weight is 223 g/mol. The minimum Gasteiger partial charge on any atom is -0.388 e. The Kier molecular flexibility index (Phi) is 4.02. The van der Waals surface area contributed by atoms with Crippen LogP contribution < -0.4 is 0 Å². The summed E-state index contributed by atoms with van der Waals surface area (Å²) < 4.78 is 7.51. The van der Waals surface area contributed by atoms with Crippen LogP contribution in [-0.2, 0) is 17.7 Å². The van der Waals surface area contributed by atoms with Crippen molar-refractivity contribution in [1.29, 1.82) is 0 Å². The summed E-state index contributed by atoms with van der Waals surface area (Å²) in [6.07, 6.45) is 8.22. The van der Waals surface area contributed by atoms with Gasteiger partial charge in [-0.05, 0) is 38.2 Å². The largest absolute Gasteiger partial charge is 0.388 e. The van der Waals surface area contributed by atoms with Gasteiger partial charge in [-0.25, -0.2) is 0 Å². The molecule has 0 amide bonds. The van der Waals surface area contributed by atoms with Crippen LogP contribution in [0.1, 0.15) is 43.4 Å². The number of hydrogen-bond donors (Lipinski definition) is 1. The van der Waals surface area contributed by atoms with Crippen LogP contribution in [0.25, 0.3) is 0 Å². The predicted octanol–water partition coefficient (Wildman–Crippen LogP) is 2.28. The third kappa shape index (κ3) is 2.66. The van der Waals surface area contributed by atoms with Gasteiger partial charge in [0.2, 0.25) is 0 Å². The van der Waals surface area contributed by atoms with E-state index in [1.54, 1.807) is 0 Å². The van der Waals surface area contributed by atoms with Crippen molar-refractivity contribution in [2.45, 2.75) is 45.3 Å². The van der Waals surface area contributed by atoms with E-state index in [1.807, 2.05) is 6.92 Å². The van der Waals surface area contributed by atoms with Crippen LogP contribution in [0.5, 0.6) is 0 Å². The first-order valence-corrected chi connectivity index (χ1v) is 6.25. The Bertz CT molecular complexity index is 333. The number of aliphatic hydroxyl groups excluding tert-OH is 1. The third-order valence-corrected chi connectivity index (χ3v) is 3.19. The molecule has 2 rings (SSSR count). The molecule has 1 unspecified atom stereocenters. The highest BCUT2D eigenvalue weighted by atomic mass is 16.5. The van der Waals surface area contributed by atoms with Crippen LogP contribution >= 0.6 is 0 Å². The van der Waals surface area contributed by atoms with Crippen molar-refractivity contribution < 1.29 is 9.84 Å². The maximum absolute atomic E-state index is 9.85.